The quantitative estimate of drug-likeness (QED) is 0.632. The first-order valence-electron chi connectivity index (χ1n) is 9.84. The molecule has 5 rings (SSSR count). The van der Waals surface area contributed by atoms with E-state index >= 15 is 0 Å². The standard InChI is InChI=1S/C20H23N5O3/c26-19(22-18-9-15(23-24-18)14-2-1-7-28-11-14)13-5-6-17-16(8-13)21-20(27)25(17)10-12-3-4-12/h5-6,8-9,12,14H,1-4,7,10-11H2,(H,21,27)(H2,22,23,24,26). The summed E-state index contributed by atoms with van der Waals surface area (Å²) in [5, 5.41) is 10.0. The van der Waals surface area contributed by atoms with Crippen LogP contribution in [0, 0.1) is 5.92 Å². The molecule has 1 amide bonds. The van der Waals surface area contributed by atoms with Crippen LogP contribution in [0.15, 0.2) is 29.1 Å². The molecule has 1 saturated heterocycles. The minimum atomic E-state index is -0.254. The Kier molecular flexibility index (Phi) is 4.27. The smallest absolute Gasteiger partial charge is 0.326 e. The van der Waals surface area contributed by atoms with Crippen molar-refractivity contribution in [3.05, 3.63) is 46.0 Å². The van der Waals surface area contributed by atoms with E-state index in [1.54, 1.807) is 16.7 Å². The van der Waals surface area contributed by atoms with E-state index < -0.39 is 0 Å². The number of carbonyl (C=O) groups is 1. The van der Waals surface area contributed by atoms with Gasteiger partial charge in [0.1, 0.15) is 0 Å². The zero-order valence-electron chi connectivity index (χ0n) is 15.5. The summed E-state index contributed by atoms with van der Waals surface area (Å²) in [7, 11) is 0. The Hall–Kier alpha value is -2.87. The molecule has 28 heavy (non-hydrogen) atoms. The normalized spacial score (nSPS) is 19.8. The van der Waals surface area contributed by atoms with Gasteiger partial charge < -0.3 is 15.0 Å². The molecule has 1 saturated carbocycles. The molecule has 146 valence electrons. The molecule has 8 nitrogen and oxygen atoms in total. The van der Waals surface area contributed by atoms with Crippen molar-refractivity contribution in [2.45, 2.75) is 38.1 Å². The van der Waals surface area contributed by atoms with Crippen LogP contribution in [-0.4, -0.2) is 38.9 Å². The third-order valence-electron chi connectivity index (χ3n) is 5.61. The van der Waals surface area contributed by atoms with Gasteiger partial charge in [0.05, 0.1) is 17.6 Å². The van der Waals surface area contributed by atoms with Crippen LogP contribution in [0.25, 0.3) is 11.0 Å². The number of fused-ring (bicyclic) bond motifs is 1. The monoisotopic (exact) mass is 381 g/mol. The van der Waals surface area contributed by atoms with Gasteiger partial charge in [0.2, 0.25) is 0 Å². The second kappa shape index (κ2) is 6.94. The van der Waals surface area contributed by atoms with Gasteiger partial charge in [-0.3, -0.25) is 14.5 Å². The van der Waals surface area contributed by atoms with E-state index in [4.69, 9.17) is 4.74 Å². The number of aromatic amines is 2. The lowest BCUT2D eigenvalue weighted by Crippen LogP contribution is -2.17. The maximum absolute atomic E-state index is 12.6. The van der Waals surface area contributed by atoms with Crippen molar-refractivity contribution in [3.8, 4) is 0 Å². The summed E-state index contributed by atoms with van der Waals surface area (Å²) in [4.78, 5) is 27.7. The molecule has 0 bridgehead atoms. The van der Waals surface area contributed by atoms with E-state index in [1.165, 1.54) is 12.8 Å². The van der Waals surface area contributed by atoms with Gasteiger partial charge in [-0.2, -0.15) is 5.10 Å². The van der Waals surface area contributed by atoms with Crippen molar-refractivity contribution in [1.29, 1.82) is 0 Å². The number of carbonyl (C=O) groups excluding carboxylic acids is 1. The number of imidazole rings is 1. The first-order valence-corrected chi connectivity index (χ1v) is 9.84. The number of rotatable bonds is 5. The molecule has 1 aliphatic carbocycles. The largest absolute Gasteiger partial charge is 0.381 e. The highest BCUT2D eigenvalue weighted by atomic mass is 16.5. The Labute approximate surface area is 161 Å². The van der Waals surface area contributed by atoms with Crippen LogP contribution in [0.4, 0.5) is 5.82 Å². The summed E-state index contributed by atoms with van der Waals surface area (Å²) in [6.07, 6.45) is 4.44. The minimum Gasteiger partial charge on any atom is -0.381 e. The summed E-state index contributed by atoms with van der Waals surface area (Å²) in [6, 6.07) is 7.17. The van der Waals surface area contributed by atoms with Crippen molar-refractivity contribution < 1.29 is 9.53 Å². The third kappa shape index (κ3) is 3.35. The average molecular weight is 381 g/mol. The molecule has 2 aliphatic rings. The highest BCUT2D eigenvalue weighted by Crippen LogP contribution is 2.31. The van der Waals surface area contributed by atoms with Crippen LogP contribution in [0.2, 0.25) is 0 Å². The summed E-state index contributed by atoms with van der Waals surface area (Å²) >= 11 is 0. The van der Waals surface area contributed by atoms with Gasteiger partial charge in [0.15, 0.2) is 5.82 Å². The Morgan fingerprint density at radius 2 is 2.18 bits per heavy atom. The molecule has 3 heterocycles. The van der Waals surface area contributed by atoms with Crippen molar-refractivity contribution in [3.63, 3.8) is 0 Å². The summed E-state index contributed by atoms with van der Waals surface area (Å²) in [5.74, 6) is 1.13. The average Bonchev–Trinajstić information content (AvgIpc) is 3.32. The second-order valence-corrected chi connectivity index (χ2v) is 7.79. The Balaban J connectivity index is 1.33. The van der Waals surface area contributed by atoms with Gasteiger partial charge in [-0.1, -0.05) is 0 Å². The van der Waals surface area contributed by atoms with Crippen LogP contribution < -0.4 is 11.0 Å². The van der Waals surface area contributed by atoms with Crippen molar-refractivity contribution in [2.24, 2.45) is 5.92 Å². The molecule has 0 spiro atoms. The van der Waals surface area contributed by atoms with Gasteiger partial charge in [0, 0.05) is 36.4 Å². The van der Waals surface area contributed by atoms with Gasteiger partial charge in [-0.25, -0.2) is 4.79 Å². The van der Waals surface area contributed by atoms with Gasteiger partial charge >= 0.3 is 5.69 Å². The number of H-pyrrole nitrogens is 2. The molecule has 1 aliphatic heterocycles. The van der Waals surface area contributed by atoms with Crippen LogP contribution in [0.1, 0.15) is 47.7 Å². The minimum absolute atomic E-state index is 0.119. The number of benzene rings is 1. The van der Waals surface area contributed by atoms with Gasteiger partial charge in [0.25, 0.3) is 5.91 Å². The zero-order chi connectivity index (χ0) is 19.1. The number of nitrogens with zero attached hydrogens (tertiary/aromatic N) is 2. The van der Waals surface area contributed by atoms with Crippen LogP contribution >= 0.6 is 0 Å². The number of hydrogen-bond donors (Lipinski definition) is 3. The lowest BCUT2D eigenvalue weighted by molar-refractivity contribution is 0.0793. The molecule has 2 aromatic heterocycles. The number of amides is 1. The molecule has 0 radical (unpaired) electrons. The first-order chi connectivity index (χ1) is 13.7. The van der Waals surface area contributed by atoms with E-state index in [-0.39, 0.29) is 11.6 Å². The van der Waals surface area contributed by atoms with E-state index in [0.29, 0.717) is 35.3 Å². The molecule has 1 unspecified atom stereocenters. The van der Waals surface area contributed by atoms with Crippen molar-refractivity contribution in [1.82, 2.24) is 19.7 Å². The highest BCUT2D eigenvalue weighted by molar-refractivity contribution is 6.05. The fourth-order valence-electron chi connectivity index (χ4n) is 3.83. The number of hydrogen-bond acceptors (Lipinski definition) is 4. The van der Waals surface area contributed by atoms with E-state index in [0.717, 1.165) is 37.2 Å². The second-order valence-electron chi connectivity index (χ2n) is 7.79. The lowest BCUT2D eigenvalue weighted by Gasteiger charge is -2.20. The fraction of sp³-hybridized carbons (Fsp3) is 0.450. The van der Waals surface area contributed by atoms with Crippen molar-refractivity contribution >= 4 is 22.8 Å². The maximum atomic E-state index is 12.6. The van der Waals surface area contributed by atoms with Gasteiger partial charge in [-0.05, 0) is 49.8 Å². The molecule has 1 aromatic carbocycles. The fourth-order valence-corrected chi connectivity index (χ4v) is 3.83. The van der Waals surface area contributed by atoms with Crippen molar-refractivity contribution in [2.75, 3.05) is 18.5 Å². The Morgan fingerprint density at radius 1 is 1.29 bits per heavy atom. The zero-order valence-corrected chi connectivity index (χ0v) is 15.5. The molecule has 3 aromatic rings. The predicted octanol–water partition coefficient (Wildman–Crippen LogP) is 2.61. The molecular weight excluding hydrogens is 358 g/mol. The highest BCUT2D eigenvalue weighted by Gasteiger charge is 2.24. The number of ether oxygens (including phenoxy) is 1. The Morgan fingerprint density at radius 3 is 2.96 bits per heavy atom. The molecule has 3 N–H and O–H groups in total. The van der Waals surface area contributed by atoms with E-state index in [2.05, 4.69) is 20.5 Å². The number of anilines is 1. The number of nitrogens with one attached hydrogen (secondary N) is 3. The molecule has 8 heteroatoms. The molecule has 1 atom stereocenters. The van der Waals surface area contributed by atoms with Crippen LogP contribution in [0.5, 0.6) is 0 Å². The number of aromatic nitrogens is 4. The molecule has 2 fully saturated rings. The lowest BCUT2D eigenvalue weighted by atomic mass is 9.99. The van der Waals surface area contributed by atoms with Crippen LogP contribution in [0.3, 0.4) is 0 Å². The third-order valence-corrected chi connectivity index (χ3v) is 5.61. The summed E-state index contributed by atoms with van der Waals surface area (Å²) in [5.41, 5.74) is 2.86. The van der Waals surface area contributed by atoms with E-state index in [1.807, 2.05) is 12.1 Å². The van der Waals surface area contributed by atoms with E-state index in [9.17, 15) is 9.59 Å². The topological polar surface area (TPSA) is 105 Å². The van der Waals surface area contributed by atoms with Crippen LogP contribution in [-0.2, 0) is 11.3 Å². The summed E-state index contributed by atoms with van der Waals surface area (Å²) in [6.45, 7) is 2.23. The summed E-state index contributed by atoms with van der Waals surface area (Å²) < 4.78 is 7.28. The predicted molar refractivity (Wildman–Crippen MR) is 105 cm³/mol. The maximum Gasteiger partial charge on any atom is 0.326 e. The first kappa shape index (κ1) is 17.2. The Bertz CT molecular complexity index is 1070. The molecular formula is C20H23N5O3. The van der Waals surface area contributed by atoms with Gasteiger partial charge in [-0.15, -0.1) is 0 Å². The SMILES string of the molecule is O=C(Nc1cc(C2CCCOC2)[nH]n1)c1ccc2c(c1)[nH]c(=O)n2CC1CC1.